The first-order valence-electron chi connectivity index (χ1n) is 7.99. The average molecular weight is 339 g/mol. The predicted molar refractivity (Wildman–Crippen MR) is 93.5 cm³/mol. The minimum Gasteiger partial charge on any atom is -0.478 e. The predicted octanol–water partition coefficient (Wildman–Crippen LogP) is 3.60. The van der Waals surface area contributed by atoms with Crippen molar-refractivity contribution in [2.45, 2.75) is 24.8 Å². The first kappa shape index (κ1) is 15.2. The molecule has 0 bridgehead atoms. The molecule has 4 rings (SSSR count). The van der Waals surface area contributed by atoms with Gasteiger partial charge in [0.2, 0.25) is 0 Å². The van der Waals surface area contributed by atoms with Crippen molar-refractivity contribution in [1.82, 2.24) is 15.3 Å². The molecular weight excluding hydrogens is 322 g/mol. The van der Waals surface area contributed by atoms with Crippen molar-refractivity contribution < 1.29 is 9.90 Å². The zero-order chi connectivity index (χ0) is 16.5. The smallest absolute Gasteiger partial charge is 0.337 e. The number of carboxylic acid groups (broad SMARTS) is 1. The van der Waals surface area contributed by atoms with E-state index in [9.17, 15) is 9.90 Å². The molecule has 5 nitrogen and oxygen atoms in total. The van der Waals surface area contributed by atoms with Gasteiger partial charge in [0.05, 0.1) is 16.3 Å². The van der Waals surface area contributed by atoms with Gasteiger partial charge < -0.3 is 10.4 Å². The lowest BCUT2D eigenvalue weighted by molar-refractivity contribution is 0.0699. The molecule has 122 valence electrons. The van der Waals surface area contributed by atoms with Crippen LogP contribution in [0.15, 0.2) is 42.6 Å². The Kier molecular flexibility index (Phi) is 4.00. The lowest BCUT2D eigenvalue weighted by atomic mass is 9.89. The van der Waals surface area contributed by atoms with Crippen LogP contribution < -0.4 is 5.32 Å². The number of thiazole rings is 1. The molecule has 1 aliphatic heterocycles. The Bertz CT molecular complexity index is 870. The van der Waals surface area contributed by atoms with Gasteiger partial charge in [0, 0.05) is 12.7 Å². The molecule has 6 heteroatoms. The molecule has 24 heavy (non-hydrogen) atoms. The van der Waals surface area contributed by atoms with Crippen molar-refractivity contribution in [2.24, 2.45) is 0 Å². The largest absolute Gasteiger partial charge is 0.478 e. The van der Waals surface area contributed by atoms with E-state index in [1.165, 1.54) is 29.2 Å². The SMILES string of the molecule is O=C(O)c1ccnc2nc(C3CCC(c4ccccc4)CN3)sc12. The number of piperidine rings is 1. The summed E-state index contributed by atoms with van der Waals surface area (Å²) in [6, 6.07) is 12.2. The number of pyridine rings is 1. The molecule has 0 aliphatic carbocycles. The maximum atomic E-state index is 11.3. The third-order valence-corrected chi connectivity index (χ3v) is 5.71. The highest BCUT2D eigenvalue weighted by Gasteiger charge is 2.26. The van der Waals surface area contributed by atoms with Gasteiger partial charge in [0.1, 0.15) is 5.01 Å². The highest BCUT2D eigenvalue weighted by molar-refractivity contribution is 7.19. The number of aromatic carboxylic acids is 1. The molecule has 2 aromatic heterocycles. The minimum absolute atomic E-state index is 0.172. The van der Waals surface area contributed by atoms with Crippen molar-refractivity contribution >= 4 is 27.7 Å². The number of nitrogens with zero attached hydrogens (tertiary/aromatic N) is 2. The van der Waals surface area contributed by atoms with Gasteiger partial charge in [-0.15, -0.1) is 11.3 Å². The summed E-state index contributed by atoms with van der Waals surface area (Å²) in [6.45, 7) is 0.907. The summed E-state index contributed by atoms with van der Waals surface area (Å²) in [6.07, 6.45) is 3.59. The first-order valence-corrected chi connectivity index (χ1v) is 8.81. The fourth-order valence-corrected chi connectivity index (χ4v) is 4.38. The van der Waals surface area contributed by atoms with Crippen LogP contribution in [0.25, 0.3) is 10.3 Å². The van der Waals surface area contributed by atoms with E-state index in [0.29, 0.717) is 16.3 Å². The summed E-state index contributed by atoms with van der Waals surface area (Å²) in [4.78, 5) is 20.1. The van der Waals surface area contributed by atoms with Crippen LogP contribution in [0.5, 0.6) is 0 Å². The summed E-state index contributed by atoms with van der Waals surface area (Å²) in [5.41, 5.74) is 2.17. The van der Waals surface area contributed by atoms with Gasteiger partial charge in [-0.1, -0.05) is 30.3 Å². The van der Waals surface area contributed by atoms with Crippen LogP contribution in [0, 0.1) is 0 Å². The standard InChI is InChI=1S/C18H17N3O2S/c22-18(23)13-8-9-19-16-15(13)24-17(21-16)14-7-6-12(10-20-14)11-4-2-1-3-5-11/h1-5,8-9,12,14,20H,6-7,10H2,(H,22,23). The molecule has 1 fully saturated rings. The molecule has 0 radical (unpaired) electrons. The van der Waals surface area contributed by atoms with Crippen LogP contribution >= 0.6 is 11.3 Å². The molecule has 2 atom stereocenters. The molecule has 1 aromatic carbocycles. The second kappa shape index (κ2) is 6.30. The second-order valence-corrected chi connectivity index (χ2v) is 7.04. The zero-order valence-electron chi connectivity index (χ0n) is 13.0. The number of carboxylic acids is 1. The monoisotopic (exact) mass is 339 g/mol. The second-order valence-electron chi connectivity index (χ2n) is 6.01. The first-order chi connectivity index (χ1) is 11.7. The molecule has 1 saturated heterocycles. The van der Waals surface area contributed by atoms with E-state index in [1.54, 1.807) is 0 Å². The zero-order valence-corrected chi connectivity index (χ0v) is 13.8. The Morgan fingerprint density at radius 1 is 1.21 bits per heavy atom. The maximum Gasteiger partial charge on any atom is 0.337 e. The maximum absolute atomic E-state index is 11.3. The summed E-state index contributed by atoms with van der Waals surface area (Å²) in [7, 11) is 0. The van der Waals surface area contributed by atoms with Crippen molar-refractivity contribution in [3.05, 3.63) is 58.7 Å². The quantitative estimate of drug-likeness (QED) is 0.762. The number of fused-ring (bicyclic) bond motifs is 1. The Hall–Kier alpha value is -2.31. The van der Waals surface area contributed by atoms with Crippen LogP contribution in [0.3, 0.4) is 0 Å². The van der Waals surface area contributed by atoms with Crippen LogP contribution in [0.4, 0.5) is 0 Å². The van der Waals surface area contributed by atoms with Gasteiger partial charge in [0.15, 0.2) is 5.65 Å². The Labute approximate surface area is 143 Å². The Balaban J connectivity index is 1.55. The number of nitrogens with one attached hydrogen (secondary N) is 1. The molecule has 3 heterocycles. The lowest BCUT2D eigenvalue weighted by Gasteiger charge is -2.29. The topological polar surface area (TPSA) is 75.1 Å². The highest BCUT2D eigenvalue weighted by Crippen LogP contribution is 2.35. The van der Waals surface area contributed by atoms with E-state index in [1.807, 2.05) is 6.07 Å². The highest BCUT2D eigenvalue weighted by atomic mass is 32.1. The van der Waals surface area contributed by atoms with E-state index in [2.05, 4.69) is 39.6 Å². The van der Waals surface area contributed by atoms with E-state index < -0.39 is 5.97 Å². The van der Waals surface area contributed by atoms with Crippen molar-refractivity contribution in [3.63, 3.8) is 0 Å². The van der Waals surface area contributed by atoms with Crippen LogP contribution in [-0.2, 0) is 0 Å². The molecule has 2 unspecified atom stereocenters. The third kappa shape index (κ3) is 2.79. The number of hydrogen-bond acceptors (Lipinski definition) is 5. The van der Waals surface area contributed by atoms with Gasteiger partial charge >= 0.3 is 5.97 Å². The van der Waals surface area contributed by atoms with Crippen LogP contribution in [0.2, 0.25) is 0 Å². The number of aromatic nitrogens is 2. The van der Waals surface area contributed by atoms with E-state index in [0.717, 1.165) is 24.4 Å². The fraction of sp³-hybridized carbons (Fsp3) is 0.278. The molecular formula is C18H17N3O2S. The minimum atomic E-state index is -0.932. The molecule has 0 saturated carbocycles. The Morgan fingerprint density at radius 3 is 2.75 bits per heavy atom. The van der Waals surface area contributed by atoms with Crippen LogP contribution in [0.1, 0.15) is 45.7 Å². The summed E-state index contributed by atoms with van der Waals surface area (Å²) >= 11 is 1.44. The Morgan fingerprint density at radius 2 is 2.04 bits per heavy atom. The molecule has 1 aliphatic rings. The van der Waals surface area contributed by atoms with Gasteiger partial charge in [-0.2, -0.15) is 0 Å². The number of hydrogen-bond donors (Lipinski definition) is 2. The van der Waals surface area contributed by atoms with Gasteiger partial charge in [-0.3, -0.25) is 0 Å². The lowest BCUT2D eigenvalue weighted by Crippen LogP contribution is -2.32. The summed E-state index contributed by atoms with van der Waals surface area (Å²) in [5, 5.41) is 13.8. The third-order valence-electron chi connectivity index (χ3n) is 4.52. The van der Waals surface area contributed by atoms with Crippen LogP contribution in [-0.4, -0.2) is 27.6 Å². The van der Waals surface area contributed by atoms with Gasteiger partial charge in [-0.25, -0.2) is 14.8 Å². The van der Waals surface area contributed by atoms with E-state index in [-0.39, 0.29) is 11.6 Å². The number of carbonyl (C=O) groups is 1. The molecule has 0 spiro atoms. The normalized spacial score (nSPS) is 21.0. The average Bonchev–Trinajstić information content (AvgIpc) is 3.06. The fourth-order valence-electron chi connectivity index (χ4n) is 3.24. The number of rotatable bonds is 3. The van der Waals surface area contributed by atoms with Crippen molar-refractivity contribution in [3.8, 4) is 0 Å². The van der Waals surface area contributed by atoms with E-state index >= 15 is 0 Å². The molecule has 2 N–H and O–H groups in total. The van der Waals surface area contributed by atoms with E-state index in [4.69, 9.17) is 0 Å². The number of benzene rings is 1. The van der Waals surface area contributed by atoms with Crippen molar-refractivity contribution in [1.29, 1.82) is 0 Å². The van der Waals surface area contributed by atoms with Gasteiger partial charge in [0.25, 0.3) is 0 Å². The van der Waals surface area contributed by atoms with Gasteiger partial charge in [-0.05, 0) is 30.4 Å². The van der Waals surface area contributed by atoms with Crippen molar-refractivity contribution in [2.75, 3.05) is 6.54 Å². The molecule has 3 aromatic rings. The summed E-state index contributed by atoms with van der Waals surface area (Å²) in [5.74, 6) is -0.414. The molecule has 0 amide bonds. The summed E-state index contributed by atoms with van der Waals surface area (Å²) < 4.78 is 0.659.